The Morgan fingerprint density at radius 3 is 1.90 bits per heavy atom. The summed E-state index contributed by atoms with van der Waals surface area (Å²) < 4.78 is 0. The number of allylic oxidation sites excluding steroid dienone is 6. The molecule has 0 bridgehead atoms. The highest BCUT2D eigenvalue weighted by molar-refractivity contribution is 5.70. The van der Waals surface area contributed by atoms with Gasteiger partial charge in [0.2, 0.25) is 0 Å². The Bertz CT molecular complexity index is 846. The van der Waals surface area contributed by atoms with Crippen molar-refractivity contribution in [3.63, 3.8) is 0 Å². The van der Waals surface area contributed by atoms with Crippen LogP contribution in [0.25, 0.3) is 11.1 Å². The Kier molecular flexibility index (Phi) is 10.9. The van der Waals surface area contributed by atoms with E-state index in [2.05, 4.69) is 98.7 Å². The first-order valence-electron chi connectivity index (χ1n) is 10.4. The van der Waals surface area contributed by atoms with Gasteiger partial charge in [0.25, 0.3) is 0 Å². The number of aryl methyl sites for hydroxylation is 1. The lowest BCUT2D eigenvalue weighted by atomic mass is 10.0. The molecule has 0 saturated heterocycles. The zero-order valence-corrected chi connectivity index (χ0v) is 18.7. The molecule has 1 nitrogen and oxygen atoms in total. The van der Waals surface area contributed by atoms with Crippen molar-refractivity contribution in [2.45, 2.75) is 41.0 Å². The average molecular weight is 386 g/mol. The van der Waals surface area contributed by atoms with Crippen molar-refractivity contribution < 1.29 is 0 Å². The molecule has 0 spiro atoms. The van der Waals surface area contributed by atoms with E-state index in [1.807, 2.05) is 32.9 Å². The van der Waals surface area contributed by atoms with E-state index in [9.17, 15) is 0 Å². The van der Waals surface area contributed by atoms with Gasteiger partial charge >= 0.3 is 0 Å². The largest absolute Gasteiger partial charge is 0.311 e. The summed E-state index contributed by atoms with van der Waals surface area (Å²) >= 11 is 0. The molecule has 2 aromatic rings. The predicted octanol–water partition coefficient (Wildman–Crippen LogP) is 8.62. The monoisotopic (exact) mass is 385 g/mol. The number of nitrogens with zero attached hydrogens (tertiary/aromatic N) is 1. The van der Waals surface area contributed by atoms with Crippen LogP contribution in [0.4, 0.5) is 5.69 Å². The highest BCUT2D eigenvalue weighted by atomic mass is 15.1. The lowest BCUT2D eigenvalue weighted by molar-refractivity contribution is 1.09. The van der Waals surface area contributed by atoms with Crippen LogP contribution >= 0.6 is 0 Å². The number of hydrogen-bond donors (Lipinski definition) is 0. The van der Waals surface area contributed by atoms with Gasteiger partial charge in [0, 0.05) is 17.1 Å². The van der Waals surface area contributed by atoms with Crippen LogP contribution in [0.15, 0.2) is 110 Å². The maximum absolute atomic E-state index is 4.01. The van der Waals surface area contributed by atoms with Gasteiger partial charge in [-0.05, 0) is 55.7 Å². The van der Waals surface area contributed by atoms with E-state index in [0.29, 0.717) is 0 Å². The first-order valence-corrected chi connectivity index (χ1v) is 10.4. The Hall–Kier alpha value is -3.06. The van der Waals surface area contributed by atoms with Gasteiger partial charge in [-0.3, -0.25) is 0 Å². The normalized spacial score (nSPS) is 11.6. The third-order valence-electron chi connectivity index (χ3n) is 4.35. The van der Waals surface area contributed by atoms with Gasteiger partial charge in [-0.25, -0.2) is 0 Å². The summed E-state index contributed by atoms with van der Waals surface area (Å²) in [5, 5.41) is 0. The second-order valence-electron chi connectivity index (χ2n) is 6.30. The van der Waals surface area contributed by atoms with Crippen LogP contribution in [-0.4, -0.2) is 0 Å². The summed E-state index contributed by atoms with van der Waals surface area (Å²) in [7, 11) is 0. The van der Waals surface area contributed by atoms with Crippen LogP contribution in [0.2, 0.25) is 0 Å². The molecular weight excluding hydrogens is 350 g/mol. The van der Waals surface area contributed by atoms with E-state index in [1.54, 1.807) is 6.08 Å². The lowest BCUT2D eigenvalue weighted by Gasteiger charge is -2.27. The van der Waals surface area contributed by atoms with Gasteiger partial charge in [0.15, 0.2) is 0 Å². The van der Waals surface area contributed by atoms with Crippen LogP contribution in [0.5, 0.6) is 0 Å². The Labute approximate surface area is 178 Å². The molecule has 0 atom stereocenters. The number of anilines is 1. The first kappa shape index (κ1) is 24.0. The van der Waals surface area contributed by atoms with E-state index in [4.69, 9.17) is 0 Å². The standard InChI is InChI=1S/C26H29N.C2H6/c1-6-10-12-25(9-4)27(24(8-3)11-7-2)26-19-17-23(18-20-26)22-15-13-21(5)14-16-22;1-2/h6,8-20H,1,3,7H2,2,4-5H3;1-2H3/b12-10-,24-11+,25-9+;. The molecule has 0 fully saturated rings. The SMILES string of the molecule is C=C/C=C\C(=C/C)N(/C(C=C)=C/CC)c1ccc(-c2ccc(C)cc2)cc1.CC. The highest BCUT2D eigenvalue weighted by Crippen LogP contribution is 2.29. The Balaban J connectivity index is 0.00000204. The van der Waals surface area contributed by atoms with Crippen molar-refractivity contribution in [3.8, 4) is 11.1 Å². The number of rotatable bonds is 8. The van der Waals surface area contributed by atoms with Gasteiger partial charge in [0.1, 0.15) is 0 Å². The van der Waals surface area contributed by atoms with Crippen molar-refractivity contribution in [2.75, 3.05) is 4.90 Å². The molecule has 152 valence electrons. The fourth-order valence-corrected chi connectivity index (χ4v) is 2.94. The fraction of sp³-hybridized carbons (Fsp3) is 0.214. The molecule has 1 heteroatoms. The molecule has 29 heavy (non-hydrogen) atoms. The Morgan fingerprint density at radius 2 is 1.45 bits per heavy atom. The minimum atomic E-state index is 0.946. The summed E-state index contributed by atoms with van der Waals surface area (Å²) in [5.41, 5.74) is 6.97. The molecule has 0 radical (unpaired) electrons. The third kappa shape index (κ3) is 6.80. The third-order valence-corrected chi connectivity index (χ3v) is 4.35. The summed E-state index contributed by atoms with van der Waals surface area (Å²) in [6.45, 7) is 18.1. The second-order valence-corrected chi connectivity index (χ2v) is 6.30. The topological polar surface area (TPSA) is 3.24 Å². The molecule has 0 aliphatic heterocycles. The van der Waals surface area contributed by atoms with Gasteiger partial charge in [-0.1, -0.05) is 100 Å². The molecule has 0 aromatic heterocycles. The fourth-order valence-electron chi connectivity index (χ4n) is 2.94. The maximum Gasteiger partial charge on any atom is 0.0461 e. The summed E-state index contributed by atoms with van der Waals surface area (Å²) in [6, 6.07) is 17.3. The van der Waals surface area contributed by atoms with Crippen LogP contribution in [0.1, 0.15) is 39.7 Å². The molecule has 0 N–H and O–H groups in total. The van der Waals surface area contributed by atoms with E-state index >= 15 is 0 Å². The molecule has 0 unspecified atom stereocenters. The summed E-state index contributed by atoms with van der Waals surface area (Å²) in [4.78, 5) is 2.22. The quantitative estimate of drug-likeness (QED) is 0.411. The zero-order chi connectivity index (χ0) is 21.6. The van der Waals surface area contributed by atoms with Gasteiger partial charge in [-0.2, -0.15) is 0 Å². The molecule has 0 aliphatic carbocycles. The van der Waals surface area contributed by atoms with Gasteiger partial charge in [0.05, 0.1) is 0 Å². The van der Waals surface area contributed by atoms with Crippen LogP contribution in [0.3, 0.4) is 0 Å². The van der Waals surface area contributed by atoms with E-state index in [1.165, 1.54) is 16.7 Å². The van der Waals surface area contributed by atoms with Crippen LogP contribution in [0, 0.1) is 6.92 Å². The zero-order valence-electron chi connectivity index (χ0n) is 18.7. The number of hydrogen-bond acceptors (Lipinski definition) is 1. The first-order chi connectivity index (χ1) is 14.1. The lowest BCUT2D eigenvalue weighted by Crippen LogP contribution is -2.19. The maximum atomic E-state index is 4.01. The van der Waals surface area contributed by atoms with Gasteiger partial charge < -0.3 is 4.90 Å². The van der Waals surface area contributed by atoms with Gasteiger partial charge in [-0.15, -0.1) is 0 Å². The molecule has 0 aliphatic rings. The smallest absolute Gasteiger partial charge is 0.0461 e. The predicted molar refractivity (Wildman–Crippen MR) is 132 cm³/mol. The average Bonchev–Trinajstić information content (AvgIpc) is 2.77. The van der Waals surface area contributed by atoms with Crippen LogP contribution in [-0.2, 0) is 0 Å². The minimum Gasteiger partial charge on any atom is -0.311 e. The molecular formula is C28H35N. The van der Waals surface area contributed by atoms with Crippen molar-refractivity contribution in [1.82, 2.24) is 0 Å². The minimum absolute atomic E-state index is 0.946. The summed E-state index contributed by atoms with van der Waals surface area (Å²) in [5.74, 6) is 0. The van der Waals surface area contributed by atoms with Crippen molar-refractivity contribution >= 4 is 5.69 Å². The molecule has 0 saturated carbocycles. The molecule has 0 heterocycles. The van der Waals surface area contributed by atoms with Crippen molar-refractivity contribution in [1.29, 1.82) is 0 Å². The van der Waals surface area contributed by atoms with Crippen molar-refractivity contribution in [3.05, 3.63) is 115 Å². The second kappa shape index (κ2) is 13.2. The molecule has 2 rings (SSSR count). The van der Waals surface area contributed by atoms with Crippen molar-refractivity contribution in [2.24, 2.45) is 0 Å². The molecule has 0 amide bonds. The molecule has 2 aromatic carbocycles. The van der Waals surface area contributed by atoms with E-state index < -0.39 is 0 Å². The van der Waals surface area contributed by atoms with E-state index in [-0.39, 0.29) is 0 Å². The summed E-state index contributed by atoms with van der Waals surface area (Å²) in [6.07, 6.45) is 12.9. The Morgan fingerprint density at radius 1 is 0.897 bits per heavy atom. The number of benzene rings is 2. The van der Waals surface area contributed by atoms with E-state index in [0.717, 1.165) is 23.5 Å². The van der Waals surface area contributed by atoms with Crippen LogP contribution < -0.4 is 4.90 Å². The highest BCUT2D eigenvalue weighted by Gasteiger charge is 2.13.